The molecule has 1 heterocycles. The van der Waals surface area contributed by atoms with E-state index < -0.39 is 5.41 Å². The molecule has 4 heteroatoms. The van der Waals surface area contributed by atoms with E-state index in [0.717, 1.165) is 17.2 Å². The maximum atomic E-state index is 6.17. The Balaban J connectivity index is 1.86. The summed E-state index contributed by atoms with van der Waals surface area (Å²) in [5.74, 6) is 8.41. The van der Waals surface area contributed by atoms with Crippen LogP contribution in [0.15, 0.2) is 24.3 Å². The van der Waals surface area contributed by atoms with Crippen LogP contribution in [0, 0.1) is 24.7 Å². The summed E-state index contributed by atoms with van der Waals surface area (Å²) in [4.78, 5) is 8.43. The van der Waals surface area contributed by atoms with Gasteiger partial charge in [-0.05, 0) is 63.0 Å². The maximum Gasteiger partial charge on any atom is 0.222 e. The fourth-order valence-corrected chi connectivity index (χ4v) is 5.09. The van der Waals surface area contributed by atoms with Gasteiger partial charge in [-0.3, -0.25) is 0 Å². The highest BCUT2D eigenvalue weighted by Gasteiger charge is 2.32. The minimum absolute atomic E-state index is 0.123. The second-order valence-electron chi connectivity index (χ2n) is 10.2. The van der Waals surface area contributed by atoms with Crippen LogP contribution in [0.3, 0.4) is 0 Å². The Morgan fingerprint density at radius 2 is 1.71 bits per heavy atom. The van der Waals surface area contributed by atoms with Crippen LogP contribution in [0.4, 0.5) is 11.8 Å². The van der Waals surface area contributed by atoms with Crippen LogP contribution in [0.1, 0.15) is 95.0 Å². The molecule has 31 heavy (non-hydrogen) atoms. The molecule has 1 unspecified atom stereocenters. The van der Waals surface area contributed by atoms with E-state index in [9.17, 15) is 0 Å². The van der Waals surface area contributed by atoms with Crippen LogP contribution < -0.4 is 11.5 Å². The summed E-state index contributed by atoms with van der Waals surface area (Å²) in [7, 11) is 0. The molecule has 0 amide bonds. The van der Waals surface area contributed by atoms with Crippen LogP contribution in [-0.4, -0.2) is 9.97 Å². The maximum absolute atomic E-state index is 6.17. The third-order valence-corrected chi connectivity index (χ3v) is 7.12. The molecule has 166 valence electrons. The van der Waals surface area contributed by atoms with Crippen molar-refractivity contribution in [3.8, 4) is 11.8 Å². The second kappa shape index (κ2) is 8.91. The fraction of sp³-hybridized carbons (Fsp3) is 0.556. The molecular weight excluding hydrogens is 380 g/mol. The average Bonchev–Trinajstić information content (AvgIpc) is 2.72. The zero-order valence-corrected chi connectivity index (χ0v) is 20.0. The molecule has 2 aromatic rings. The molecule has 0 spiro atoms. The van der Waals surface area contributed by atoms with Crippen LogP contribution >= 0.6 is 0 Å². The Morgan fingerprint density at radius 1 is 1.03 bits per heavy atom. The van der Waals surface area contributed by atoms with Crippen molar-refractivity contribution in [1.82, 2.24) is 9.97 Å². The number of hydrogen-bond acceptors (Lipinski definition) is 4. The molecule has 3 rings (SSSR count). The molecule has 1 aliphatic rings. The topological polar surface area (TPSA) is 77.8 Å². The molecule has 0 radical (unpaired) electrons. The molecule has 1 atom stereocenters. The van der Waals surface area contributed by atoms with E-state index in [1.54, 1.807) is 0 Å². The van der Waals surface area contributed by atoms with Crippen molar-refractivity contribution in [1.29, 1.82) is 0 Å². The average molecular weight is 419 g/mol. The summed E-state index contributed by atoms with van der Waals surface area (Å²) < 4.78 is 0. The summed E-state index contributed by atoms with van der Waals surface area (Å²) in [5.41, 5.74) is 16.0. The first-order valence-electron chi connectivity index (χ1n) is 11.6. The first-order chi connectivity index (χ1) is 14.5. The zero-order chi connectivity index (χ0) is 22.8. The summed E-state index contributed by atoms with van der Waals surface area (Å²) in [6.45, 7) is 13.0. The van der Waals surface area contributed by atoms with Gasteiger partial charge in [0.25, 0.3) is 0 Å². The standard InChI is InChI=1S/C27H38N4/c1-18(15-16-26(3,4)23-19(2)30-25(29)31-24(23)28)20-11-10-14-22(17-20)27(5,6)21-12-8-7-9-13-21/h10-11,14,17-18,21H,7-9,12-13H2,1-6H3,(H4,28,29,30,31). The lowest BCUT2D eigenvalue weighted by Gasteiger charge is -2.38. The molecule has 1 aliphatic carbocycles. The molecule has 1 fully saturated rings. The number of rotatable bonds is 4. The van der Waals surface area contributed by atoms with Crippen molar-refractivity contribution in [2.24, 2.45) is 5.92 Å². The van der Waals surface area contributed by atoms with E-state index in [0.29, 0.717) is 5.82 Å². The Bertz CT molecular complexity index is 965. The Hall–Kier alpha value is -2.54. The highest BCUT2D eigenvalue weighted by molar-refractivity contribution is 5.53. The van der Waals surface area contributed by atoms with Crippen LogP contribution in [0.5, 0.6) is 0 Å². The molecule has 0 aliphatic heterocycles. The largest absolute Gasteiger partial charge is 0.383 e. The van der Waals surface area contributed by atoms with Gasteiger partial charge in [0.05, 0.1) is 5.41 Å². The summed E-state index contributed by atoms with van der Waals surface area (Å²) >= 11 is 0. The van der Waals surface area contributed by atoms with E-state index in [4.69, 9.17) is 11.5 Å². The first kappa shape index (κ1) is 23.1. The van der Waals surface area contributed by atoms with Gasteiger partial charge in [-0.2, -0.15) is 4.98 Å². The number of aryl methyl sites for hydroxylation is 1. The van der Waals surface area contributed by atoms with E-state index in [2.05, 4.69) is 80.7 Å². The van der Waals surface area contributed by atoms with Crippen LogP contribution in [-0.2, 0) is 10.8 Å². The summed E-state index contributed by atoms with van der Waals surface area (Å²) in [6, 6.07) is 9.04. The molecule has 4 N–H and O–H groups in total. The normalized spacial score (nSPS) is 16.5. The van der Waals surface area contributed by atoms with Crippen molar-refractivity contribution in [2.75, 3.05) is 11.5 Å². The summed E-state index contributed by atoms with van der Waals surface area (Å²) in [5, 5.41) is 0. The van der Waals surface area contributed by atoms with Gasteiger partial charge >= 0.3 is 0 Å². The minimum atomic E-state index is -0.463. The Labute approximate surface area is 188 Å². The predicted octanol–water partition coefficient (Wildman–Crippen LogP) is 5.89. The zero-order valence-electron chi connectivity index (χ0n) is 20.0. The van der Waals surface area contributed by atoms with Gasteiger partial charge in [0.1, 0.15) is 5.82 Å². The highest BCUT2D eigenvalue weighted by Crippen LogP contribution is 2.41. The third kappa shape index (κ3) is 5.03. The fourth-order valence-electron chi connectivity index (χ4n) is 5.09. The van der Waals surface area contributed by atoms with Gasteiger partial charge in [0.2, 0.25) is 5.95 Å². The number of nitrogens with zero attached hydrogens (tertiary/aromatic N) is 2. The van der Waals surface area contributed by atoms with Gasteiger partial charge in [-0.15, -0.1) is 0 Å². The molecule has 1 aromatic carbocycles. The van der Waals surface area contributed by atoms with Gasteiger partial charge in [0, 0.05) is 17.2 Å². The third-order valence-electron chi connectivity index (χ3n) is 7.12. The number of anilines is 2. The second-order valence-corrected chi connectivity index (χ2v) is 10.2. The number of nitrogen functional groups attached to an aromatic ring is 2. The van der Waals surface area contributed by atoms with Crippen LogP contribution in [0.2, 0.25) is 0 Å². The van der Waals surface area contributed by atoms with E-state index in [1.165, 1.54) is 43.2 Å². The van der Waals surface area contributed by atoms with Gasteiger partial charge < -0.3 is 11.5 Å². The minimum Gasteiger partial charge on any atom is -0.383 e. The number of nitrogens with two attached hydrogens (primary N) is 2. The van der Waals surface area contributed by atoms with Crippen molar-refractivity contribution in [2.45, 2.75) is 90.4 Å². The monoisotopic (exact) mass is 418 g/mol. The van der Waals surface area contributed by atoms with Gasteiger partial charge in [-0.25, -0.2) is 4.98 Å². The lowest BCUT2D eigenvalue weighted by Crippen LogP contribution is -2.30. The molecule has 1 saturated carbocycles. The lowest BCUT2D eigenvalue weighted by molar-refractivity contribution is 0.236. The Morgan fingerprint density at radius 3 is 2.35 bits per heavy atom. The van der Waals surface area contributed by atoms with E-state index >= 15 is 0 Å². The molecule has 1 aromatic heterocycles. The number of aromatic nitrogens is 2. The first-order valence-corrected chi connectivity index (χ1v) is 11.6. The van der Waals surface area contributed by atoms with Crippen molar-refractivity contribution in [3.63, 3.8) is 0 Å². The molecule has 4 nitrogen and oxygen atoms in total. The smallest absolute Gasteiger partial charge is 0.222 e. The van der Waals surface area contributed by atoms with Crippen LogP contribution in [0.25, 0.3) is 0 Å². The molecule has 0 bridgehead atoms. The molecular formula is C27H38N4. The van der Waals surface area contributed by atoms with Gasteiger partial charge in [-0.1, -0.05) is 69.2 Å². The Kier molecular flexibility index (Phi) is 6.65. The van der Waals surface area contributed by atoms with Gasteiger partial charge in [0.15, 0.2) is 0 Å². The highest BCUT2D eigenvalue weighted by atomic mass is 15.0. The predicted molar refractivity (Wildman–Crippen MR) is 131 cm³/mol. The lowest BCUT2D eigenvalue weighted by atomic mass is 9.67. The summed E-state index contributed by atoms with van der Waals surface area (Å²) in [6.07, 6.45) is 6.79. The number of benzene rings is 1. The van der Waals surface area contributed by atoms with E-state index in [-0.39, 0.29) is 17.3 Å². The van der Waals surface area contributed by atoms with E-state index in [1.807, 2.05) is 6.92 Å². The number of hydrogen-bond donors (Lipinski definition) is 2. The quantitative estimate of drug-likeness (QED) is 0.607. The van der Waals surface area contributed by atoms with Crippen molar-refractivity contribution in [3.05, 3.63) is 46.6 Å². The van der Waals surface area contributed by atoms with Crippen molar-refractivity contribution < 1.29 is 0 Å². The molecule has 0 saturated heterocycles. The van der Waals surface area contributed by atoms with Crippen molar-refractivity contribution >= 4 is 11.8 Å². The SMILES string of the molecule is Cc1nc(N)nc(N)c1C(C)(C)C#CC(C)c1cccc(C(C)(C)C2CCCCC2)c1.